The van der Waals surface area contributed by atoms with Crippen LogP contribution >= 0.6 is 0 Å². The lowest BCUT2D eigenvalue weighted by Gasteiger charge is -2.26. The first kappa shape index (κ1) is 23.6. The summed E-state index contributed by atoms with van der Waals surface area (Å²) in [4.78, 5) is 10.6. The van der Waals surface area contributed by atoms with E-state index in [-0.39, 0.29) is 24.4 Å². The minimum atomic E-state index is -0.761. The smallest absolute Gasteiger partial charge is 0.303 e. The fraction of sp³-hybridized carbons (Fsp3) is 0.696. The number of aliphatic hydroxyl groups excluding tert-OH is 3. The topological polar surface area (TPSA) is 107 Å². The van der Waals surface area contributed by atoms with Gasteiger partial charge < -0.3 is 25.2 Å². The summed E-state index contributed by atoms with van der Waals surface area (Å²) in [5.41, 5.74) is 0. The standard InChI is InChI=1S/C23H36O6/c1-16(29-17-9-5-4-6-10-17)20(24)14-13-19-18(21(25)15-22(19)26)11-7-2-3-8-12-23(27)28/h4-6,9-10,16,18-22,24-26H,2-3,7-8,11-15H2,1H3,(H,27,28)/t16?,18-,19-,20?,21+,22?/m1/s1. The van der Waals surface area contributed by atoms with Crippen LogP contribution in [0.15, 0.2) is 30.3 Å². The third-order valence-electron chi connectivity index (χ3n) is 6.10. The van der Waals surface area contributed by atoms with Gasteiger partial charge in [0.15, 0.2) is 0 Å². The normalized spacial score (nSPS) is 26.2. The number of unbranched alkanes of at least 4 members (excludes halogenated alkanes) is 3. The molecule has 29 heavy (non-hydrogen) atoms. The number of hydrogen-bond acceptors (Lipinski definition) is 5. The van der Waals surface area contributed by atoms with Gasteiger partial charge in [0.2, 0.25) is 0 Å². The summed E-state index contributed by atoms with van der Waals surface area (Å²) in [6.07, 6.45) is 3.93. The molecular formula is C23H36O6. The summed E-state index contributed by atoms with van der Waals surface area (Å²) in [6.45, 7) is 1.84. The SMILES string of the molecule is CC(Oc1ccccc1)C(O)CC[C@H]1C(O)C[C@H](O)[C@@H]1CCCCCCC(=O)O. The third kappa shape index (κ3) is 7.96. The van der Waals surface area contributed by atoms with Gasteiger partial charge in [0.25, 0.3) is 0 Å². The molecule has 0 amide bonds. The van der Waals surface area contributed by atoms with Crippen molar-refractivity contribution in [2.45, 2.75) is 89.1 Å². The molecule has 0 bridgehead atoms. The predicted molar refractivity (Wildman–Crippen MR) is 111 cm³/mol. The Kier molecular flexibility index (Phi) is 9.91. The molecule has 164 valence electrons. The lowest BCUT2D eigenvalue weighted by Crippen LogP contribution is -2.31. The largest absolute Gasteiger partial charge is 0.488 e. The zero-order chi connectivity index (χ0) is 21.2. The molecule has 1 aromatic carbocycles. The Labute approximate surface area is 173 Å². The Morgan fingerprint density at radius 3 is 2.31 bits per heavy atom. The van der Waals surface area contributed by atoms with Crippen LogP contribution in [0.25, 0.3) is 0 Å². The molecule has 3 unspecified atom stereocenters. The van der Waals surface area contributed by atoms with Crippen LogP contribution in [0.1, 0.15) is 64.7 Å². The van der Waals surface area contributed by atoms with E-state index >= 15 is 0 Å². The predicted octanol–water partition coefficient (Wildman–Crippen LogP) is 3.38. The Balaban J connectivity index is 1.75. The van der Waals surface area contributed by atoms with Crippen molar-refractivity contribution in [1.82, 2.24) is 0 Å². The summed E-state index contributed by atoms with van der Waals surface area (Å²) < 4.78 is 5.78. The van der Waals surface area contributed by atoms with Crippen LogP contribution in [0, 0.1) is 11.8 Å². The number of carboxylic acid groups (broad SMARTS) is 1. The first-order valence-electron chi connectivity index (χ1n) is 10.9. The lowest BCUT2D eigenvalue weighted by atomic mass is 9.84. The highest BCUT2D eigenvalue weighted by molar-refractivity contribution is 5.66. The van der Waals surface area contributed by atoms with Crippen molar-refractivity contribution in [3.63, 3.8) is 0 Å². The zero-order valence-electron chi connectivity index (χ0n) is 17.3. The number of carboxylic acids is 1. The Morgan fingerprint density at radius 1 is 1.03 bits per heavy atom. The van der Waals surface area contributed by atoms with Crippen LogP contribution in [0.4, 0.5) is 0 Å². The van der Waals surface area contributed by atoms with Gasteiger partial charge in [0.05, 0.1) is 18.3 Å². The average Bonchev–Trinajstić information content (AvgIpc) is 2.95. The Hall–Kier alpha value is -1.63. The molecule has 1 fully saturated rings. The van der Waals surface area contributed by atoms with E-state index in [2.05, 4.69) is 0 Å². The van der Waals surface area contributed by atoms with Crippen molar-refractivity contribution in [2.24, 2.45) is 11.8 Å². The Bertz CT molecular complexity index is 592. The maximum atomic E-state index is 10.6. The Morgan fingerprint density at radius 2 is 1.66 bits per heavy atom. The molecule has 0 saturated heterocycles. The van der Waals surface area contributed by atoms with Crippen LogP contribution in [0.5, 0.6) is 5.75 Å². The highest BCUT2D eigenvalue weighted by atomic mass is 16.5. The molecule has 0 aromatic heterocycles. The van der Waals surface area contributed by atoms with Gasteiger partial charge in [0.1, 0.15) is 11.9 Å². The summed E-state index contributed by atoms with van der Waals surface area (Å²) >= 11 is 0. The van der Waals surface area contributed by atoms with Gasteiger partial charge in [-0.1, -0.05) is 37.5 Å². The molecule has 0 heterocycles. The fourth-order valence-electron chi connectivity index (χ4n) is 4.38. The van der Waals surface area contributed by atoms with Crippen LogP contribution in [0.2, 0.25) is 0 Å². The molecule has 1 saturated carbocycles. The molecule has 1 aliphatic rings. The van der Waals surface area contributed by atoms with E-state index in [4.69, 9.17) is 9.84 Å². The van der Waals surface area contributed by atoms with E-state index in [1.54, 1.807) is 0 Å². The molecule has 2 rings (SSSR count). The summed E-state index contributed by atoms with van der Waals surface area (Å²) in [5, 5.41) is 39.9. The number of rotatable bonds is 13. The first-order valence-corrected chi connectivity index (χ1v) is 10.9. The van der Waals surface area contributed by atoms with Gasteiger partial charge in [-0.3, -0.25) is 4.79 Å². The van der Waals surface area contributed by atoms with Crippen molar-refractivity contribution in [3.05, 3.63) is 30.3 Å². The van der Waals surface area contributed by atoms with Gasteiger partial charge in [-0.2, -0.15) is 0 Å². The number of benzene rings is 1. The van der Waals surface area contributed by atoms with Gasteiger partial charge in [-0.25, -0.2) is 0 Å². The highest BCUT2D eigenvalue weighted by Gasteiger charge is 2.41. The van der Waals surface area contributed by atoms with Crippen molar-refractivity contribution in [3.8, 4) is 5.75 Å². The van der Waals surface area contributed by atoms with Crippen LogP contribution < -0.4 is 4.74 Å². The third-order valence-corrected chi connectivity index (χ3v) is 6.10. The van der Waals surface area contributed by atoms with E-state index in [1.807, 2.05) is 37.3 Å². The van der Waals surface area contributed by atoms with Crippen molar-refractivity contribution in [1.29, 1.82) is 0 Å². The molecular weight excluding hydrogens is 372 g/mol. The summed E-state index contributed by atoms with van der Waals surface area (Å²) in [6, 6.07) is 9.39. The second-order valence-corrected chi connectivity index (χ2v) is 8.33. The minimum Gasteiger partial charge on any atom is -0.488 e. The fourth-order valence-corrected chi connectivity index (χ4v) is 4.38. The van der Waals surface area contributed by atoms with Crippen molar-refractivity contribution in [2.75, 3.05) is 0 Å². The number of carbonyl (C=O) groups is 1. The second kappa shape index (κ2) is 12.2. The van der Waals surface area contributed by atoms with E-state index in [1.165, 1.54) is 0 Å². The summed E-state index contributed by atoms with van der Waals surface area (Å²) in [7, 11) is 0. The monoisotopic (exact) mass is 408 g/mol. The number of aliphatic carboxylic acids is 1. The lowest BCUT2D eigenvalue weighted by molar-refractivity contribution is -0.137. The molecule has 4 N–H and O–H groups in total. The van der Waals surface area contributed by atoms with Gasteiger partial charge in [-0.15, -0.1) is 0 Å². The molecule has 0 aliphatic heterocycles. The number of para-hydroxylation sites is 1. The molecule has 6 nitrogen and oxygen atoms in total. The van der Waals surface area contributed by atoms with E-state index in [0.717, 1.165) is 31.4 Å². The number of ether oxygens (including phenoxy) is 1. The number of hydrogen-bond donors (Lipinski definition) is 4. The van der Waals surface area contributed by atoms with Gasteiger partial charge in [-0.05, 0) is 63.0 Å². The highest BCUT2D eigenvalue weighted by Crippen LogP contribution is 2.39. The van der Waals surface area contributed by atoms with Crippen LogP contribution in [-0.2, 0) is 4.79 Å². The first-order chi connectivity index (χ1) is 13.9. The molecule has 6 atom stereocenters. The number of aliphatic hydroxyl groups is 3. The van der Waals surface area contributed by atoms with E-state index in [0.29, 0.717) is 25.7 Å². The molecule has 6 heteroatoms. The van der Waals surface area contributed by atoms with E-state index < -0.39 is 24.3 Å². The average molecular weight is 409 g/mol. The van der Waals surface area contributed by atoms with Crippen LogP contribution in [0.3, 0.4) is 0 Å². The minimum absolute atomic E-state index is 0.0254. The molecule has 0 radical (unpaired) electrons. The molecule has 1 aromatic rings. The van der Waals surface area contributed by atoms with Crippen molar-refractivity contribution >= 4 is 5.97 Å². The van der Waals surface area contributed by atoms with Crippen LogP contribution in [-0.4, -0.2) is 50.8 Å². The second-order valence-electron chi connectivity index (χ2n) is 8.33. The molecule has 0 spiro atoms. The maximum absolute atomic E-state index is 10.6. The van der Waals surface area contributed by atoms with Gasteiger partial charge in [0, 0.05) is 6.42 Å². The zero-order valence-corrected chi connectivity index (χ0v) is 17.3. The quantitative estimate of drug-likeness (QED) is 0.373. The van der Waals surface area contributed by atoms with E-state index in [9.17, 15) is 20.1 Å². The van der Waals surface area contributed by atoms with Gasteiger partial charge >= 0.3 is 5.97 Å². The van der Waals surface area contributed by atoms with Crippen molar-refractivity contribution < 1.29 is 30.0 Å². The summed E-state index contributed by atoms with van der Waals surface area (Å²) in [5.74, 6) is -0.0378. The molecule has 1 aliphatic carbocycles. The maximum Gasteiger partial charge on any atom is 0.303 e.